The normalized spacial score (nSPS) is 21.3. The van der Waals surface area contributed by atoms with E-state index in [1.807, 2.05) is 32.9 Å². The fourth-order valence-electron chi connectivity index (χ4n) is 3.75. The van der Waals surface area contributed by atoms with Gasteiger partial charge in [-0.25, -0.2) is 14.5 Å². The van der Waals surface area contributed by atoms with Gasteiger partial charge in [0.1, 0.15) is 5.82 Å². The first-order valence-corrected chi connectivity index (χ1v) is 10.0. The minimum Gasteiger partial charge on any atom is -0.467 e. The van der Waals surface area contributed by atoms with Gasteiger partial charge in [-0.3, -0.25) is 9.80 Å². The first-order chi connectivity index (χ1) is 13.5. The van der Waals surface area contributed by atoms with Crippen LogP contribution in [0.1, 0.15) is 53.3 Å². The van der Waals surface area contributed by atoms with Crippen molar-refractivity contribution in [3.8, 4) is 0 Å². The second-order valence-electron chi connectivity index (χ2n) is 9.35. The Morgan fingerprint density at radius 3 is 2.41 bits per heavy atom. The number of hydrogen-bond acceptors (Lipinski definition) is 6. The van der Waals surface area contributed by atoms with Crippen LogP contribution in [0.4, 0.5) is 0 Å². The molecule has 2 heterocycles. The molecule has 0 radical (unpaired) electrons. The lowest BCUT2D eigenvalue weighted by Gasteiger charge is -2.31. The van der Waals surface area contributed by atoms with Crippen molar-refractivity contribution in [3.63, 3.8) is 0 Å². The highest BCUT2D eigenvalue weighted by atomic mass is 16.5. The number of hydrogen-bond donors (Lipinski definition) is 1. The number of carbonyl (C=O) groups excluding carboxylic acids is 1. The molecule has 7 nitrogen and oxygen atoms in total. The van der Waals surface area contributed by atoms with Crippen molar-refractivity contribution >= 4 is 16.9 Å². The maximum Gasteiger partial charge on any atom is 0.337 e. The number of aliphatic hydroxyl groups is 1. The van der Waals surface area contributed by atoms with Crippen LogP contribution in [-0.4, -0.2) is 46.0 Å². The average molecular weight is 402 g/mol. The number of aromatic nitrogens is 2. The number of benzene rings is 1. The zero-order chi connectivity index (χ0) is 21.7. The number of nitrogens with zero attached hydrogens (tertiary/aromatic N) is 3. The second kappa shape index (κ2) is 7.13. The lowest BCUT2D eigenvalue weighted by molar-refractivity contribution is -0.147. The highest BCUT2D eigenvalue weighted by Gasteiger charge is 2.66. The molecule has 1 N–H and O–H groups in total. The van der Waals surface area contributed by atoms with E-state index in [1.165, 1.54) is 11.8 Å². The number of aliphatic hydroxyl groups excluding tert-OH is 1. The predicted octanol–water partition coefficient (Wildman–Crippen LogP) is 2.43. The van der Waals surface area contributed by atoms with Crippen molar-refractivity contribution in [1.82, 2.24) is 9.66 Å². The Morgan fingerprint density at radius 2 is 1.86 bits per heavy atom. The molecule has 1 unspecified atom stereocenters. The molecule has 0 bridgehead atoms. The van der Waals surface area contributed by atoms with Gasteiger partial charge in [0.05, 0.1) is 30.7 Å². The number of rotatable bonds is 5. The fraction of sp³-hybridized carbons (Fsp3) is 0.591. The van der Waals surface area contributed by atoms with E-state index < -0.39 is 17.6 Å². The summed E-state index contributed by atoms with van der Waals surface area (Å²) in [6.45, 7) is 12.2. The van der Waals surface area contributed by atoms with Crippen molar-refractivity contribution in [2.75, 3.05) is 18.7 Å². The Kier molecular flexibility index (Phi) is 5.24. The van der Waals surface area contributed by atoms with Crippen LogP contribution in [-0.2, 0) is 9.53 Å². The van der Waals surface area contributed by atoms with Crippen molar-refractivity contribution in [3.05, 3.63) is 40.4 Å². The Bertz CT molecular complexity index is 992. The SMILES string of the molecule is COC(=O)[C@@]1([C@H](O)C(C)C)CN1n1c(C(C)C(C)(C)C)nc2ccccc2c1=O. The molecule has 7 heteroatoms. The number of ether oxygens (including phenoxy) is 1. The van der Waals surface area contributed by atoms with E-state index in [0.717, 1.165) is 0 Å². The van der Waals surface area contributed by atoms with Crippen LogP contribution in [0.3, 0.4) is 0 Å². The Balaban J connectivity index is 2.27. The smallest absolute Gasteiger partial charge is 0.337 e. The largest absolute Gasteiger partial charge is 0.467 e. The van der Waals surface area contributed by atoms with E-state index in [-0.39, 0.29) is 29.4 Å². The minimum absolute atomic E-state index is 0.0769. The number of fused-ring (bicyclic) bond motifs is 1. The van der Waals surface area contributed by atoms with Gasteiger partial charge >= 0.3 is 5.97 Å². The molecule has 3 atom stereocenters. The predicted molar refractivity (Wildman–Crippen MR) is 113 cm³/mol. The van der Waals surface area contributed by atoms with Gasteiger partial charge < -0.3 is 9.84 Å². The summed E-state index contributed by atoms with van der Waals surface area (Å²) in [7, 11) is 1.30. The summed E-state index contributed by atoms with van der Waals surface area (Å²) in [5.74, 6) is -0.241. The van der Waals surface area contributed by atoms with Gasteiger partial charge in [0.2, 0.25) is 0 Å². The molecule has 0 saturated carbocycles. The van der Waals surface area contributed by atoms with Gasteiger partial charge in [-0.05, 0) is 23.5 Å². The lowest BCUT2D eigenvalue weighted by atomic mass is 9.81. The molecule has 1 aliphatic heterocycles. The molecule has 1 aromatic carbocycles. The molecule has 1 aliphatic rings. The Labute approximate surface area is 171 Å². The molecule has 0 amide bonds. The standard InChI is InChI=1S/C22H31N3O4/c1-13(2)17(26)22(20(28)29-7)12-24(22)25-18(14(3)21(4,5)6)23-16-11-9-8-10-15(16)19(25)27/h8-11,13-14,17,26H,12H2,1-7H3/t14?,17-,22+,24?/m1/s1. The van der Waals surface area contributed by atoms with Crippen molar-refractivity contribution in [2.45, 2.75) is 59.1 Å². The van der Waals surface area contributed by atoms with Crippen molar-refractivity contribution in [2.24, 2.45) is 11.3 Å². The van der Waals surface area contributed by atoms with Crippen LogP contribution in [0.15, 0.2) is 29.1 Å². The average Bonchev–Trinajstić information content (AvgIpc) is 3.41. The summed E-state index contributed by atoms with van der Waals surface area (Å²) in [5.41, 5.74) is -1.08. The minimum atomic E-state index is -1.29. The third kappa shape index (κ3) is 3.31. The number of methoxy groups -OCH3 is 1. The summed E-state index contributed by atoms with van der Waals surface area (Å²) < 4.78 is 6.51. The molecular formula is C22H31N3O4. The lowest BCUT2D eigenvalue weighted by Crippen LogP contribution is -2.50. The maximum atomic E-state index is 13.5. The van der Waals surface area contributed by atoms with E-state index in [9.17, 15) is 14.7 Å². The number of esters is 1. The topological polar surface area (TPSA) is 84.4 Å². The van der Waals surface area contributed by atoms with Crippen LogP contribution < -0.4 is 10.6 Å². The summed E-state index contributed by atoms with van der Waals surface area (Å²) in [5, 5.41) is 13.0. The molecule has 3 rings (SSSR count). The maximum absolute atomic E-state index is 13.5. The molecular weight excluding hydrogens is 370 g/mol. The van der Waals surface area contributed by atoms with E-state index in [4.69, 9.17) is 9.72 Å². The van der Waals surface area contributed by atoms with Gasteiger partial charge in [0, 0.05) is 5.92 Å². The van der Waals surface area contributed by atoms with Crippen molar-refractivity contribution in [1.29, 1.82) is 0 Å². The number of para-hydroxylation sites is 1. The van der Waals surface area contributed by atoms with Crippen molar-refractivity contribution < 1.29 is 14.6 Å². The van der Waals surface area contributed by atoms with E-state index in [2.05, 4.69) is 20.8 Å². The van der Waals surface area contributed by atoms with Crippen LogP contribution in [0.5, 0.6) is 0 Å². The molecule has 0 spiro atoms. The molecule has 0 aliphatic carbocycles. The van der Waals surface area contributed by atoms with Crippen LogP contribution in [0, 0.1) is 11.3 Å². The highest BCUT2D eigenvalue weighted by molar-refractivity contribution is 5.90. The van der Waals surface area contributed by atoms with Gasteiger partial charge in [0.25, 0.3) is 5.56 Å². The molecule has 1 fully saturated rings. The van der Waals surface area contributed by atoms with Gasteiger partial charge in [-0.15, -0.1) is 0 Å². The van der Waals surface area contributed by atoms with Gasteiger partial charge in [-0.2, -0.15) is 0 Å². The quantitative estimate of drug-likeness (QED) is 0.612. The fourth-order valence-corrected chi connectivity index (χ4v) is 3.75. The van der Waals surface area contributed by atoms with Gasteiger partial charge in [0.15, 0.2) is 5.54 Å². The Morgan fingerprint density at radius 1 is 1.24 bits per heavy atom. The summed E-state index contributed by atoms with van der Waals surface area (Å²) >= 11 is 0. The van der Waals surface area contributed by atoms with E-state index in [0.29, 0.717) is 16.7 Å². The van der Waals surface area contributed by atoms with Crippen LogP contribution in [0.25, 0.3) is 10.9 Å². The molecule has 1 aromatic heterocycles. The highest BCUT2D eigenvalue weighted by Crippen LogP contribution is 2.40. The first kappa shape index (κ1) is 21.3. The third-order valence-electron chi connectivity index (χ3n) is 6.11. The molecule has 1 saturated heterocycles. The summed E-state index contributed by atoms with van der Waals surface area (Å²) in [6, 6.07) is 7.19. The zero-order valence-electron chi connectivity index (χ0n) is 18.3. The molecule has 29 heavy (non-hydrogen) atoms. The second-order valence-corrected chi connectivity index (χ2v) is 9.35. The molecule has 2 aromatic rings. The Hall–Kier alpha value is -2.41. The summed E-state index contributed by atoms with van der Waals surface area (Å²) in [6.07, 6.45) is -0.980. The zero-order valence-corrected chi connectivity index (χ0v) is 18.3. The number of carbonyl (C=O) groups is 1. The summed E-state index contributed by atoms with van der Waals surface area (Å²) in [4.78, 5) is 31.0. The first-order valence-electron chi connectivity index (χ1n) is 10.0. The monoisotopic (exact) mass is 401 g/mol. The molecule has 158 valence electrons. The third-order valence-corrected chi connectivity index (χ3v) is 6.11. The van der Waals surface area contributed by atoms with E-state index in [1.54, 1.807) is 17.1 Å². The van der Waals surface area contributed by atoms with E-state index >= 15 is 0 Å². The van der Waals surface area contributed by atoms with Gasteiger partial charge in [-0.1, -0.05) is 53.7 Å². The van der Waals surface area contributed by atoms with Crippen LogP contribution >= 0.6 is 0 Å². The van der Waals surface area contributed by atoms with Crippen LogP contribution in [0.2, 0.25) is 0 Å².